The summed E-state index contributed by atoms with van der Waals surface area (Å²) in [6, 6.07) is 21.6. The average Bonchev–Trinajstić information content (AvgIpc) is 2.87. The number of anilines is 1. The van der Waals surface area contributed by atoms with E-state index in [0.29, 0.717) is 32.0 Å². The second kappa shape index (κ2) is 10.3. The number of pyridine rings is 1. The number of nitrogens with one attached hydrogen (secondary N) is 1. The van der Waals surface area contributed by atoms with Crippen LogP contribution in [0.1, 0.15) is 29.7 Å². The summed E-state index contributed by atoms with van der Waals surface area (Å²) >= 11 is 0. The molecule has 2 aromatic carbocycles. The minimum atomic E-state index is -4.40. The van der Waals surface area contributed by atoms with E-state index in [2.05, 4.69) is 15.2 Å². The molecule has 34 heavy (non-hydrogen) atoms. The molecule has 0 spiro atoms. The van der Waals surface area contributed by atoms with E-state index in [1.54, 1.807) is 0 Å². The number of amides is 1. The van der Waals surface area contributed by atoms with Crippen molar-refractivity contribution in [1.82, 2.24) is 15.2 Å². The van der Waals surface area contributed by atoms with Crippen molar-refractivity contribution in [1.29, 1.82) is 0 Å². The molecule has 0 radical (unpaired) electrons. The summed E-state index contributed by atoms with van der Waals surface area (Å²) in [5.74, 6) is 0.441. The van der Waals surface area contributed by atoms with Crippen LogP contribution < -0.4 is 10.2 Å². The van der Waals surface area contributed by atoms with Gasteiger partial charge >= 0.3 is 6.18 Å². The number of alkyl halides is 3. The van der Waals surface area contributed by atoms with Gasteiger partial charge in [-0.05, 0) is 30.2 Å². The van der Waals surface area contributed by atoms with Gasteiger partial charge in [-0.3, -0.25) is 9.69 Å². The van der Waals surface area contributed by atoms with E-state index in [4.69, 9.17) is 0 Å². The summed E-state index contributed by atoms with van der Waals surface area (Å²) in [4.78, 5) is 21.2. The van der Waals surface area contributed by atoms with Gasteiger partial charge in [-0.2, -0.15) is 13.2 Å². The van der Waals surface area contributed by atoms with Crippen molar-refractivity contribution in [2.45, 2.75) is 25.2 Å². The quantitative estimate of drug-likeness (QED) is 0.578. The predicted octanol–water partition coefficient (Wildman–Crippen LogP) is 4.52. The van der Waals surface area contributed by atoms with Gasteiger partial charge in [0.1, 0.15) is 5.82 Å². The first-order chi connectivity index (χ1) is 16.3. The zero-order chi connectivity index (χ0) is 24.1. The summed E-state index contributed by atoms with van der Waals surface area (Å²) < 4.78 is 38.4. The zero-order valence-corrected chi connectivity index (χ0v) is 18.9. The van der Waals surface area contributed by atoms with Gasteiger partial charge in [-0.1, -0.05) is 60.7 Å². The van der Waals surface area contributed by atoms with Crippen molar-refractivity contribution in [3.63, 3.8) is 0 Å². The highest BCUT2D eigenvalue weighted by atomic mass is 19.4. The number of nitrogens with zero attached hydrogens (tertiary/aromatic N) is 3. The Labute approximate surface area is 197 Å². The molecule has 0 aliphatic carbocycles. The van der Waals surface area contributed by atoms with E-state index < -0.39 is 11.7 Å². The third-order valence-corrected chi connectivity index (χ3v) is 6.19. The number of rotatable bonds is 6. The van der Waals surface area contributed by atoms with Crippen molar-refractivity contribution in [3.8, 4) is 0 Å². The van der Waals surface area contributed by atoms with Crippen LogP contribution in [0.2, 0.25) is 0 Å². The molecule has 1 fully saturated rings. The van der Waals surface area contributed by atoms with Crippen LogP contribution in [0.5, 0.6) is 0 Å². The Kier molecular flexibility index (Phi) is 7.17. The molecule has 3 aromatic rings. The minimum Gasteiger partial charge on any atom is -0.354 e. The number of hydrogen-bond donors (Lipinski definition) is 1. The Morgan fingerprint density at radius 3 is 1.91 bits per heavy atom. The lowest BCUT2D eigenvalue weighted by Gasteiger charge is -2.38. The highest BCUT2D eigenvalue weighted by Crippen LogP contribution is 2.29. The van der Waals surface area contributed by atoms with Gasteiger partial charge in [0, 0.05) is 32.4 Å². The summed E-state index contributed by atoms with van der Waals surface area (Å²) in [6.07, 6.45) is -3.53. The van der Waals surface area contributed by atoms with Gasteiger partial charge in [0.15, 0.2) is 0 Å². The number of carbonyl (C=O) groups excluding carboxylic acids is 1. The Balaban J connectivity index is 1.38. The van der Waals surface area contributed by atoms with Crippen molar-refractivity contribution in [3.05, 3.63) is 95.7 Å². The normalized spacial score (nSPS) is 15.9. The number of benzene rings is 2. The molecule has 1 unspecified atom stereocenters. The van der Waals surface area contributed by atoms with E-state index in [1.807, 2.05) is 72.5 Å². The lowest BCUT2D eigenvalue weighted by Crippen LogP contribution is -2.54. The van der Waals surface area contributed by atoms with Crippen molar-refractivity contribution < 1.29 is 18.0 Å². The largest absolute Gasteiger partial charge is 0.417 e. The fourth-order valence-electron chi connectivity index (χ4n) is 4.16. The molecule has 1 saturated heterocycles. The standard InChI is InChI=1S/C26H27F3N4O/c1-19(25(34)31-24(20-8-4-2-5-9-20)21-10-6-3-7-11-21)32-14-16-33(17-15-32)23-13-12-22(18-30-23)26(27,28)29/h2-13,18-19,24H,14-17H2,1H3,(H,31,34). The number of hydrogen-bond acceptors (Lipinski definition) is 4. The van der Waals surface area contributed by atoms with Crippen LogP contribution in [0.25, 0.3) is 0 Å². The molecule has 1 amide bonds. The molecule has 1 N–H and O–H groups in total. The Morgan fingerprint density at radius 2 is 1.44 bits per heavy atom. The number of carbonyl (C=O) groups is 1. The van der Waals surface area contributed by atoms with Crippen LogP contribution in [0.4, 0.5) is 19.0 Å². The smallest absolute Gasteiger partial charge is 0.354 e. The first-order valence-corrected chi connectivity index (χ1v) is 11.3. The van der Waals surface area contributed by atoms with Gasteiger partial charge in [0.05, 0.1) is 17.6 Å². The fourth-order valence-corrected chi connectivity index (χ4v) is 4.16. The summed E-state index contributed by atoms with van der Waals surface area (Å²) in [5.41, 5.74) is 1.26. The van der Waals surface area contributed by atoms with E-state index in [9.17, 15) is 18.0 Å². The first-order valence-electron chi connectivity index (χ1n) is 11.3. The summed E-state index contributed by atoms with van der Waals surface area (Å²) in [5, 5.41) is 3.20. The van der Waals surface area contributed by atoms with Crippen LogP contribution in [0.15, 0.2) is 79.0 Å². The molecule has 1 atom stereocenters. The molecule has 0 bridgehead atoms. The second-order valence-electron chi connectivity index (χ2n) is 8.36. The number of aromatic nitrogens is 1. The fraction of sp³-hybridized carbons (Fsp3) is 0.308. The maximum Gasteiger partial charge on any atom is 0.417 e. The van der Waals surface area contributed by atoms with E-state index in [0.717, 1.165) is 23.4 Å². The predicted molar refractivity (Wildman–Crippen MR) is 125 cm³/mol. The van der Waals surface area contributed by atoms with Crippen molar-refractivity contribution in [2.75, 3.05) is 31.1 Å². The SMILES string of the molecule is CC(C(=O)NC(c1ccccc1)c1ccccc1)N1CCN(c2ccc(C(F)(F)F)cn2)CC1. The number of halogens is 3. The molecule has 8 heteroatoms. The van der Waals surface area contributed by atoms with Gasteiger partial charge in [-0.15, -0.1) is 0 Å². The van der Waals surface area contributed by atoms with Crippen molar-refractivity contribution in [2.24, 2.45) is 0 Å². The molecular weight excluding hydrogens is 441 g/mol. The molecule has 2 heterocycles. The monoisotopic (exact) mass is 468 g/mol. The first kappa shape index (κ1) is 23.8. The molecule has 0 saturated carbocycles. The maximum absolute atomic E-state index is 13.2. The maximum atomic E-state index is 13.2. The molecule has 5 nitrogen and oxygen atoms in total. The van der Waals surface area contributed by atoms with Crippen LogP contribution >= 0.6 is 0 Å². The van der Waals surface area contributed by atoms with Gasteiger partial charge in [0.25, 0.3) is 0 Å². The van der Waals surface area contributed by atoms with E-state index in [-0.39, 0.29) is 18.0 Å². The van der Waals surface area contributed by atoms with Gasteiger partial charge in [-0.25, -0.2) is 4.98 Å². The Morgan fingerprint density at radius 1 is 0.882 bits per heavy atom. The Bertz CT molecular complexity index is 1030. The average molecular weight is 469 g/mol. The van der Waals surface area contributed by atoms with Crippen LogP contribution in [0, 0.1) is 0 Å². The van der Waals surface area contributed by atoms with E-state index >= 15 is 0 Å². The second-order valence-corrected chi connectivity index (χ2v) is 8.36. The van der Waals surface area contributed by atoms with Crippen molar-refractivity contribution >= 4 is 11.7 Å². The lowest BCUT2D eigenvalue weighted by atomic mass is 9.98. The molecule has 178 valence electrons. The van der Waals surface area contributed by atoms with Gasteiger partial charge < -0.3 is 10.2 Å². The number of piperazine rings is 1. The van der Waals surface area contributed by atoms with E-state index in [1.165, 1.54) is 6.07 Å². The van der Waals surface area contributed by atoms with Crippen LogP contribution in [0.3, 0.4) is 0 Å². The lowest BCUT2D eigenvalue weighted by molar-refractivity contribution is -0.137. The summed E-state index contributed by atoms with van der Waals surface area (Å²) in [7, 11) is 0. The topological polar surface area (TPSA) is 48.5 Å². The molecule has 1 aliphatic heterocycles. The summed E-state index contributed by atoms with van der Waals surface area (Å²) in [6.45, 7) is 4.26. The highest BCUT2D eigenvalue weighted by molar-refractivity contribution is 5.82. The third kappa shape index (κ3) is 5.56. The third-order valence-electron chi connectivity index (χ3n) is 6.19. The zero-order valence-electron chi connectivity index (χ0n) is 18.9. The van der Waals surface area contributed by atoms with Crippen LogP contribution in [-0.4, -0.2) is 48.0 Å². The molecular formula is C26H27F3N4O. The Hall–Kier alpha value is -3.39. The molecule has 4 rings (SSSR count). The highest BCUT2D eigenvalue weighted by Gasteiger charge is 2.32. The van der Waals surface area contributed by atoms with Gasteiger partial charge in [0.2, 0.25) is 5.91 Å². The molecule has 1 aliphatic rings. The van der Waals surface area contributed by atoms with Crippen LogP contribution in [-0.2, 0) is 11.0 Å². The molecule has 1 aromatic heterocycles. The minimum absolute atomic E-state index is 0.0705.